The van der Waals surface area contributed by atoms with Crippen molar-refractivity contribution in [1.29, 1.82) is 0 Å². The molecule has 0 fully saturated rings. The van der Waals surface area contributed by atoms with Crippen LogP contribution in [-0.4, -0.2) is 6.18 Å². The van der Waals surface area contributed by atoms with Gasteiger partial charge in [-0.1, -0.05) is 44.2 Å². The van der Waals surface area contributed by atoms with Crippen molar-refractivity contribution >= 4 is 10.8 Å². The van der Waals surface area contributed by atoms with Crippen molar-refractivity contribution in [1.82, 2.24) is 0 Å². The first kappa shape index (κ1) is 13.9. The molecule has 0 aliphatic carbocycles. The Morgan fingerprint density at radius 2 is 1.68 bits per heavy atom. The maximum absolute atomic E-state index is 12.7. The van der Waals surface area contributed by atoms with Crippen molar-refractivity contribution < 1.29 is 13.2 Å². The molecule has 0 saturated carbocycles. The number of fused-ring (bicyclic) bond motifs is 1. The maximum Gasteiger partial charge on any atom is 0.407 e. The lowest BCUT2D eigenvalue weighted by molar-refractivity contribution is -0.149. The fourth-order valence-electron chi connectivity index (χ4n) is 2.21. The summed E-state index contributed by atoms with van der Waals surface area (Å²) < 4.78 is 38.2. The molecule has 0 amide bonds. The van der Waals surface area contributed by atoms with Gasteiger partial charge in [-0.2, -0.15) is 13.2 Å². The zero-order valence-corrected chi connectivity index (χ0v) is 10.8. The highest BCUT2D eigenvalue weighted by Gasteiger charge is 2.38. The summed E-state index contributed by atoms with van der Waals surface area (Å²) in [6.45, 7) is 3.93. The van der Waals surface area contributed by atoms with Crippen LogP contribution in [-0.2, 0) is 0 Å². The average Bonchev–Trinajstić information content (AvgIpc) is 2.35. The predicted molar refractivity (Wildman–Crippen MR) is 71.0 cm³/mol. The average molecular weight is 267 g/mol. The molecule has 102 valence electrons. The Hall–Kier alpha value is -1.55. The molecule has 0 aliphatic rings. The number of hydrogen-bond acceptors (Lipinski definition) is 1. The van der Waals surface area contributed by atoms with E-state index in [1.54, 1.807) is 6.07 Å². The van der Waals surface area contributed by atoms with Gasteiger partial charge in [0, 0.05) is 0 Å². The van der Waals surface area contributed by atoms with E-state index in [2.05, 4.69) is 0 Å². The van der Waals surface area contributed by atoms with Gasteiger partial charge in [-0.15, -0.1) is 0 Å². The van der Waals surface area contributed by atoms with Gasteiger partial charge in [0.05, 0.1) is 0 Å². The molecule has 2 rings (SSSR count). The molecule has 2 N–H and O–H groups in total. The van der Waals surface area contributed by atoms with Gasteiger partial charge in [-0.05, 0) is 33.9 Å². The monoisotopic (exact) mass is 267 g/mol. The normalized spacial score (nSPS) is 14.1. The summed E-state index contributed by atoms with van der Waals surface area (Å²) in [7, 11) is 0. The Kier molecular flexibility index (Phi) is 3.54. The highest BCUT2D eigenvalue weighted by atomic mass is 19.4. The van der Waals surface area contributed by atoms with Gasteiger partial charge in [-0.25, -0.2) is 0 Å². The largest absolute Gasteiger partial charge is 0.407 e. The van der Waals surface area contributed by atoms with E-state index < -0.39 is 12.2 Å². The van der Waals surface area contributed by atoms with Gasteiger partial charge >= 0.3 is 6.18 Å². The SMILES string of the molecule is CC(C)c1cc([C@H](N)C(F)(F)F)cc2ccccc12. The fourth-order valence-corrected chi connectivity index (χ4v) is 2.21. The van der Waals surface area contributed by atoms with Gasteiger partial charge in [0.1, 0.15) is 6.04 Å². The zero-order chi connectivity index (χ0) is 14.2. The Morgan fingerprint density at radius 1 is 1.05 bits per heavy atom. The van der Waals surface area contributed by atoms with E-state index >= 15 is 0 Å². The third-order valence-corrected chi connectivity index (χ3v) is 3.25. The van der Waals surface area contributed by atoms with Gasteiger partial charge in [0.15, 0.2) is 0 Å². The highest BCUT2D eigenvalue weighted by molar-refractivity contribution is 5.87. The molecule has 0 spiro atoms. The van der Waals surface area contributed by atoms with Crippen LogP contribution >= 0.6 is 0 Å². The second-order valence-electron chi connectivity index (χ2n) is 5.01. The van der Waals surface area contributed by atoms with E-state index in [4.69, 9.17) is 5.73 Å². The summed E-state index contributed by atoms with van der Waals surface area (Å²) in [5.74, 6) is 0.144. The molecule has 1 atom stereocenters. The molecule has 0 unspecified atom stereocenters. The molecule has 0 radical (unpaired) electrons. The van der Waals surface area contributed by atoms with Crippen molar-refractivity contribution in [3.05, 3.63) is 47.5 Å². The van der Waals surface area contributed by atoms with Crippen molar-refractivity contribution in [3.63, 3.8) is 0 Å². The molecule has 0 aliphatic heterocycles. The number of hydrogen-bond donors (Lipinski definition) is 1. The van der Waals surface area contributed by atoms with Crippen LogP contribution in [0.4, 0.5) is 13.2 Å². The number of alkyl halides is 3. The Labute approximate surface area is 110 Å². The molecule has 0 bridgehead atoms. The van der Waals surface area contributed by atoms with Crippen LogP contribution in [0.1, 0.15) is 36.9 Å². The first-order chi connectivity index (χ1) is 8.80. The number of rotatable bonds is 2. The molecule has 0 saturated heterocycles. The van der Waals surface area contributed by atoms with Gasteiger partial charge in [0.25, 0.3) is 0 Å². The van der Waals surface area contributed by atoms with E-state index in [1.165, 1.54) is 6.07 Å². The van der Waals surface area contributed by atoms with Crippen LogP contribution in [0.15, 0.2) is 36.4 Å². The van der Waals surface area contributed by atoms with E-state index in [0.29, 0.717) is 0 Å². The smallest absolute Gasteiger partial charge is 0.316 e. The van der Waals surface area contributed by atoms with Crippen LogP contribution in [0.3, 0.4) is 0 Å². The van der Waals surface area contributed by atoms with E-state index in [0.717, 1.165) is 16.3 Å². The summed E-state index contributed by atoms with van der Waals surface area (Å²) >= 11 is 0. The second-order valence-corrected chi connectivity index (χ2v) is 5.01. The van der Waals surface area contributed by atoms with Crippen LogP contribution in [0.25, 0.3) is 10.8 Å². The second kappa shape index (κ2) is 4.85. The lowest BCUT2D eigenvalue weighted by atomic mass is 9.91. The first-order valence-corrected chi connectivity index (χ1v) is 6.15. The Balaban J connectivity index is 2.65. The molecule has 0 heterocycles. The predicted octanol–water partition coefficient (Wildman–Crippen LogP) is 4.53. The molecular formula is C15H16F3N. The van der Waals surface area contributed by atoms with Gasteiger partial charge in [0.2, 0.25) is 0 Å². The molecule has 19 heavy (non-hydrogen) atoms. The van der Waals surface area contributed by atoms with Crippen molar-refractivity contribution in [3.8, 4) is 0 Å². The molecule has 4 heteroatoms. The quantitative estimate of drug-likeness (QED) is 0.850. The van der Waals surface area contributed by atoms with Crippen molar-refractivity contribution in [2.45, 2.75) is 32.0 Å². The Bertz CT molecular complexity index is 587. The summed E-state index contributed by atoms with van der Waals surface area (Å²) in [6.07, 6.45) is -4.42. The molecule has 1 nitrogen and oxygen atoms in total. The Morgan fingerprint density at radius 3 is 2.26 bits per heavy atom. The highest BCUT2D eigenvalue weighted by Crippen LogP contribution is 2.35. The summed E-state index contributed by atoms with van der Waals surface area (Å²) in [6, 6.07) is 8.60. The number of benzene rings is 2. The van der Waals surface area contributed by atoms with E-state index in [-0.39, 0.29) is 11.5 Å². The molecule has 0 aromatic heterocycles. The zero-order valence-electron chi connectivity index (χ0n) is 10.8. The third-order valence-electron chi connectivity index (χ3n) is 3.25. The summed E-state index contributed by atoms with van der Waals surface area (Å²) in [5, 5.41) is 1.78. The minimum atomic E-state index is -4.42. The lowest BCUT2D eigenvalue weighted by Crippen LogP contribution is -2.28. The van der Waals surface area contributed by atoms with Crippen LogP contribution < -0.4 is 5.73 Å². The van der Waals surface area contributed by atoms with Crippen LogP contribution in [0, 0.1) is 0 Å². The minimum Gasteiger partial charge on any atom is -0.316 e. The minimum absolute atomic E-state index is 0.120. The fraction of sp³-hybridized carbons (Fsp3) is 0.333. The van der Waals surface area contributed by atoms with Crippen molar-refractivity contribution in [2.24, 2.45) is 5.73 Å². The summed E-state index contributed by atoms with van der Waals surface area (Å²) in [4.78, 5) is 0. The topological polar surface area (TPSA) is 26.0 Å². The first-order valence-electron chi connectivity index (χ1n) is 6.15. The molecule has 2 aromatic carbocycles. The van der Waals surface area contributed by atoms with Crippen LogP contribution in [0.2, 0.25) is 0 Å². The maximum atomic E-state index is 12.7. The molecule has 2 aromatic rings. The van der Waals surface area contributed by atoms with E-state index in [1.807, 2.05) is 38.1 Å². The van der Waals surface area contributed by atoms with E-state index in [9.17, 15) is 13.2 Å². The standard InChI is InChI=1S/C15H16F3N/c1-9(2)13-8-11(14(19)15(16,17)18)7-10-5-3-4-6-12(10)13/h3-9,14H,19H2,1-2H3/t14-/m0/s1. The number of halogens is 3. The lowest BCUT2D eigenvalue weighted by Gasteiger charge is -2.19. The number of nitrogens with two attached hydrogens (primary N) is 1. The van der Waals surface area contributed by atoms with Crippen molar-refractivity contribution in [2.75, 3.05) is 0 Å². The van der Waals surface area contributed by atoms with Gasteiger partial charge in [-0.3, -0.25) is 0 Å². The van der Waals surface area contributed by atoms with Gasteiger partial charge < -0.3 is 5.73 Å². The van der Waals surface area contributed by atoms with Crippen LogP contribution in [0.5, 0.6) is 0 Å². The summed E-state index contributed by atoms with van der Waals surface area (Å²) in [5.41, 5.74) is 6.32. The molecular weight excluding hydrogens is 251 g/mol. The third kappa shape index (κ3) is 2.73.